The van der Waals surface area contributed by atoms with Gasteiger partial charge in [0.15, 0.2) is 0 Å². The molecule has 0 bridgehead atoms. The zero-order valence-electron chi connectivity index (χ0n) is 13.6. The molecular weight excluding hydrogens is 360 g/mol. The van der Waals surface area contributed by atoms with Crippen molar-refractivity contribution in [3.05, 3.63) is 57.2 Å². The van der Waals surface area contributed by atoms with Crippen molar-refractivity contribution in [1.82, 2.24) is 9.80 Å². The molecule has 25 heavy (non-hydrogen) atoms. The molecule has 1 aromatic carbocycles. The van der Waals surface area contributed by atoms with Crippen LogP contribution in [0.2, 0.25) is 5.02 Å². The van der Waals surface area contributed by atoms with Crippen molar-refractivity contribution in [2.24, 2.45) is 0 Å². The second-order valence-corrected chi connectivity index (χ2v) is 7.45. The fourth-order valence-electron chi connectivity index (χ4n) is 3.05. The molecule has 3 rings (SSSR count). The van der Waals surface area contributed by atoms with Crippen LogP contribution >= 0.6 is 22.9 Å². The van der Waals surface area contributed by atoms with Gasteiger partial charge in [-0.25, -0.2) is 0 Å². The van der Waals surface area contributed by atoms with E-state index in [0.29, 0.717) is 31.2 Å². The first-order valence-corrected chi connectivity index (χ1v) is 9.31. The van der Waals surface area contributed by atoms with Crippen molar-refractivity contribution in [2.45, 2.75) is 25.6 Å². The van der Waals surface area contributed by atoms with E-state index in [1.54, 1.807) is 22.3 Å². The fraction of sp³-hybridized carbons (Fsp3) is 0.333. The first-order valence-electron chi connectivity index (χ1n) is 8.05. The third kappa shape index (κ3) is 4.39. The van der Waals surface area contributed by atoms with Crippen molar-refractivity contribution in [1.29, 1.82) is 0 Å². The van der Waals surface area contributed by atoms with Gasteiger partial charge in [0.25, 0.3) is 0 Å². The van der Waals surface area contributed by atoms with Crippen LogP contribution in [0.3, 0.4) is 0 Å². The van der Waals surface area contributed by atoms with Crippen LogP contribution < -0.4 is 0 Å². The van der Waals surface area contributed by atoms with E-state index in [2.05, 4.69) is 0 Å². The van der Waals surface area contributed by atoms with Crippen molar-refractivity contribution in [3.8, 4) is 0 Å². The number of amides is 1. The average molecular weight is 379 g/mol. The van der Waals surface area contributed by atoms with Gasteiger partial charge in [0.1, 0.15) is 6.04 Å². The lowest BCUT2D eigenvalue weighted by atomic mass is 10.1. The van der Waals surface area contributed by atoms with Gasteiger partial charge in [0.2, 0.25) is 5.91 Å². The number of piperazine rings is 1. The van der Waals surface area contributed by atoms with Crippen molar-refractivity contribution < 1.29 is 14.7 Å². The average Bonchev–Trinajstić information content (AvgIpc) is 3.08. The Labute approximate surface area is 155 Å². The van der Waals surface area contributed by atoms with Crippen molar-refractivity contribution in [3.63, 3.8) is 0 Å². The fourth-order valence-corrected chi connectivity index (χ4v) is 3.97. The number of carbonyl (C=O) groups is 2. The summed E-state index contributed by atoms with van der Waals surface area (Å²) >= 11 is 7.81. The zero-order chi connectivity index (χ0) is 17.8. The highest BCUT2D eigenvalue weighted by Crippen LogP contribution is 2.23. The van der Waals surface area contributed by atoms with Crippen LogP contribution in [-0.4, -0.2) is 45.9 Å². The number of nitrogens with zero attached hydrogens (tertiary/aromatic N) is 2. The molecule has 7 heteroatoms. The van der Waals surface area contributed by atoms with Gasteiger partial charge in [-0.1, -0.05) is 35.9 Å². The number of carboxylic acids is 1. The van der Waals surface area contributed by atoms with Gasteiger partial charge >= 0.3 is 5.97 Å². The molecule has 1 atom stereocenters. The van der Waals surface area contributed by atoms with Gasteiger partial charge in [-0.05, 0) is 23.1 Å². The first-order chi connectivity index (χ1) is 12.0. The summed E-state index contributed by atoms with van der Waals surface area (Å²) in [6.07, 6.45) is -0.191. The van der Waals surface area contributed by atoms with Crippen LogP contribution in [0.5, 0.6) is 0 Å². The number of halogens is 1. The Morgan fingerprint density at radius 3 is 2.68 bits per heavy atom. The maximum Gasteiger partial charge on any atom is 0.305 e. The molecule has 132 valence electrons. The monoisotopic (exact) mass is 378 g/mol. The van der Waals surface area contributed by atoms with Crippen molar-refractivity contribution in [2.75, 3.05) is 13.1 Å². The quantitative estimate of drug-likeness (QED) is 0.839. The number of hydrogen-bond acceptors (Lipinski definition) is 4. The molecule has 0 saturated carbocycles. The van der Waals surface area contributed by atoms with Crippen LogP contribution in [-0.2, 0) is 22.7 Å². The SMILES string of the molecule is O=C(O)CC1C(=O)N(Cc2ccccc2Cl)CCN1Cc1cccs1. The Morgan fingerprint density at radius 1 is 1.20 bits per heavy atom. The summed E-state index contributed by atoms with van der Waals surface area (Å²) in [5, 5.41) is 11.8. The van der Waals surface area contributed by atoms with Gasteiger partial charge < -0.3 is 10.0 Å². The lowest BCUT2D eigenvalue weighted by Gasteiger charge is -2.40. The summed E-state index contributed by atoms with van der Waals surface area (Å²) in [5.74, 6) is -1.11. The molecule has 1 aliphatic rings. The minimum atomic E-state index is -0.964. The Kier molecular flexibility index (Phi) is 5.73. The van der Waals surface area contributed by atoms with Crippen LogP contribution in [0.25, 0.3) is 0 Å². The van der Waals surface area contributed by atoms with Crippen LogP contribution in [0.1, 0.15) is 16.9 Å². The van der Waals surface area contributed by atoms with E-state index in [1.165, 1.54) is 0 Å². The summed E-state index contributed by atoms with van der Waals surface area (Å²) in [7, 11) is 0. The number of carbonyl (C=O) groups excluding carboxylic acids is 1. The number of benzene rings is 1. The Morgan fingerprint density at radius 2 is 2.00 bits per heavy atom. The summed E-state index contributed by atoms with van der Waals surface area (Å²) in [4.78, 5) is 29.0. The molecule has 0 radical (unpaired) electrons. The zero-order valence-corrected chi connectivity index (χ0v) is 15.2. The molecule has 1 amide bonds. The smallest absolute Gasteiger partial charge is 0.305 e. The molecule has 2 heterocycles. The largest absolute Gasteiger partial charge is 0.481 e. The second-order valence-electron chi connectivity index (χ2n) is 6.01. The van der Waals surface area contributed by atoms with Crippen LogP contribution in [0.4, 0.5) is 0 Å². The normalized spacial score (nSPS) is 18.5. The minimum absolute atomic E-state index is 0.148. The summed E-state index contributed by atoms with van der Waals surface area (Å²) in [6, 6.07) is 10.7. The third-order valence-electron chi connectivity index (χ3n) is 4.32. The van der Waals surface area contributed by atoms with Gasteiger partial charge in [0.05, 0.1) is 6.42 Å². The Hall–Kier alpha value is -1.89. The molecule has 5 nitrogen and oxygen atoms in total. The van der Waals surface area contributed by atoms with Gasteiger partial charge in [-0.3, -0.25) is 14.5 Å². The van der Waals surface area contributed by atoms with Crippen LogP contribution in [0, 0.1) is 0 Å². The predicted octanol–water partition coefficient (Wildman–Crippen LogP) is 3.09. The summed E-state index contributed by atoms with van der Waals surface area (Å²) in [5.41, 5.74) is 0.873. The molecule has 0 aliphatic carbocycles. The second kappa shape index (κ2) is 7.99. The third-order valence-corrected chi connectivity index (χ3v) is 5.55. The number of thiophene rings is 1. The van der Waals surface area contributed by atoms with Crippen molar-refractivity contribution >= 4 is 34.8 Å². The lowest BCUT2D eigenvalue weighted by molar-refractivity contribution is -0.150. The lowest BCUT2D eigenvalue weighted by Crippen LogP contribution is -2.56. The van der Waals surface area contributed by atoms with Gasteiger partial charge in [0, 0.05) is 36.1 Å². The molecular formula is C18H19ClN2O3S. The maximum atomic E-state index is 12.9. The molecule has 1 unspecified atom stereocenters. The Bertz CT molecular complexity index is 751. The van der Waals surface area contributed by atoms with E-state index in [1.807, 2.05) is 40.6 Å². The highest BCUT2D eigenvalue weighted by Gasteiger charge is 2.36. The first kappa shape index (κ1) is 17.9. The molecule has 2 aromatic rings. The molecule has 1 aromatic heterocycles. The highest BCUT2D eigenvalue weighted by atomic mass is 35.5. The van der Waals surface area contributed by atoms with E-state index in [-0.39, 0.29) is 12.3 Å². The predicted molar refractivity (Wildman–Crippen MR) is 97.6 cm³/mol. The van der Waals surface area contributed by atoms with E-state index >= 15 is 0 Å². The number of aliphatic carboxylic acids is 1. The standard InChI is InChI=1S/C18H19ClN2O3S/c19-15-6-2-1-4-13(15)11-21-8-7-20(12-14-5-3-9-25-14)16(18(21)24)10-17(22)23/h1-6,9,16H,7-8,10-12H2,(H,22,23). The minimum Gasteiger partial charge on any atom is -0.481 e. The number of carboxylic acid groups (broad SMARTS) is 1. The Balaban J connectivity index is 1.75. The maximum absolute atomic E-state index is 12.9. The topological polar surface area (TPSA) is 60.9 Å². The molecule has 1 N–H and O–H groups in total. The number of rotatable bonds is 6. The van der Waals surface area contributed by atoms with E-state index in [0.717, 1.165) is 10.4 Å². The molecule has 1 fully saturated rings. The summed E-state index contributed by atoms with van der Waals surface area (Å²) < 4.78 is 0. The number of hydrogen-bond donors (Lipinski definition) is 1. The van der Waals surface area contributed by atoms with E-state index < -0.39 is 12.0 Å². The van der Waals surface area contributed by atoms with E-state index in [9.17, 15) is 14.7 Å². The molecule has 1 aliphatic heterocycles. The molecule has 0 spiro atoms. The van der Waals surface area contributed by atoms with E-state index in [4.69, 9.17) is 11.6 Å². The van der Waals surface area contributed by atoms with Gasteiger partial charge in [-0.2, -0.15) is 0 Å². The highest BCUT2D eigenvalue weighted by molar-refractivity contribution is 7.09. The van der Waals surface area contributed by atoms with Crippen LogP contribution in [0.15, 0.2) is 41.8 Å². The summed E-state index contributed by atoms with van der Waals surface area (Å²) in [6.45, 7) is 2.21. The molecule has 1 saturated heterocycles. The van der Waals surface area contributed by atoms with Gasteiger partial charge in [-0.15, -0.1) is 11.3 Å².